The van der Waals surface area contributed by atoms with Crippen LogP contribution in [-0.2, 0) is 9.47 Å². The van der Waals surface area contributed by atoms with E-state index in [2.05, 4.69) is 9.47 Å². The van der Waals surface area contributed by atoms with Gasteiger partial charge >= 0.3 is 6.18 Å². The van der Waals surface area contributed by atoms with Crippen LogP contribution in [0.4, 0.5) is 17.6 Å². The van der Waals surface area contributed by atoms with Gasteiger partial charge in [0.05, 0.1) is 13.2 Å². The molecule has 6 heteroatoms. The summed E-state index contributed by atoms with van der Waals surface area (Å²) >= 11 is 0. The lowest BCUT2D eigenvalue weighted by molar-refractivity contribution is -0.177. The Morgan fingerprint density at radius 1 is 1.00 bits per heavy atom. The van der Waals surface area contributed by atoms with E-state index in [1.54, 1.807) is 0 Å². The van der Waals surface area contributed by atoms with Crippen LogP contribution in [0.2, 0.25) is 0 Å². The van der Waals surface area contributed by atoms with Gasteiger partial charge in [-0.2, -0.15) is 13.2 Å². The van der Waals surface area contributed by atoms with E-state index in [1.165, 1.54) is 0 Å². The first kappa shape index (κ1) is 10.6. The van der Waals surface area contributed by atoms with Crippen molar-refractivity contribution >= 4 is 0 Å². The third-order valence-corrected chi connectivity index (χ3v) is 0.715. The number of rotatable bonds is 5. The van der Waals surface area contributed by atoms with Gasteiger partial charge in [-0.25, -0.2) is 4.39 Å². The monoisotopic (exact) mass is 176 g/mol. The molecule has 0 amide bonds. The maximum atomic E-state index is 11.3. The molecule has 0 bridgehead atoms. The summed E-state index contributed by atoms with van der Waals surface area (Å²) in [6.07, 6.45) is -4.32. The molecule has 0 aliphatic rings. The molecule has 0 aromatic heterocycles. The van der Waals surface area contributed by atoms with Gasteiger partial charge in [0, 0.05) is 0 Å². The zero-order valence-electron chi connectivity index (χ0n) is 5.66. The highest BCUT2D eigenvalue weighted by atomic mass is 19.4. The molecule has 0 aromatic rings. The number of alkyl halides is 4. The van der Waals surface area contributed by atoms with Crippen LogP contribution in [0.3, 0.4) is 0 Å². The Morgan fingerprint density at radius 2 is 1.55 bits per heavy atom. The standard InChI is InChI=1S/C5H8F4O2/c6-4-11-2-1-10-3-5(7,8)9/h1-4H2. The Balaban J connectivity index is 3.02. The minimum absolute atomic E-state index is 0.160. The Labute approximate surface area is 61.1 Å². The van der Waals surface area contributed by atoms with Crippen molar-refractivity contribution < 1.29 is 27.0 Å². The minimum Gasteiger partial charge on any atom is -0.370 e. The average molecular weight is 176 g/mol. The van der Waals surface area contributed by atoms with Crippen molar-refractivity contribution in [2.45, 2.75) is 6.18 Å². The molecule has 0 radical (unpaired) electrons. The molecule has 0 rings (SSSR count). The summed E-state index contributed by atoms with van der Waals surface area (Å²) in [5.74, 6) is 0. The third kappa shape index (κ3) is 9.64. The smallest absolute Gasteiger partial charge is 0.370 e. The molecule has 0 atom stereocenters. The molecule has 0 fully saturated rings. The van der Waals surface area contributed by atoms with Gasteiger partial charge in [-0.3, -0.25) is 0 Å². The van der Waals surface area contributed by atoms with Gasteiger partial charge in [0.2, 0.25) is 0 Å². The fourth-order valence-corrected chi connectivity index (χ4v) is 0.360. The van der Waals surface area contributed by atoms with Gasteiger partial charge in [-0.05, 0) is 0 Å². The Kier molecular flexibility index (Phi) is 5.14. The molecule has 68 valence electrons. The largest absolute Gasteiger partial charge is 0.411 e. The van der Waals surface area contributed by atoms with Gasteiger partial charge in [-0.15, -0.1) is 0 Å². The molecule has 0 heterocycles. The topological polar surface area (TPSA) is 18.5 Å². The predicted molar refractivity (Wildman–Crippen MR) is 28.8 cm³/mol. The molecule has 11 heavy (non-hydrogen) atoms. The summed E-state index contributed by atoms with van der Waals surface area (Å²) in [7, 11) is 0. The average Bonchev–Trinajstić information content (AvgIpc) is 1.85. The first-order valence-corrected chi connectivity index (χ1v) is 2.84. The normalized spacial score (nSPS) is 12.0. The van der Waals surface area contributed by atoms with Crippen LogP contribution in [0, 0.1) is 0 Å². The molecule has 0 saturated carbocycles. The Morgan fingerprint density at radius 3 is 2.00 bits per heavy atom. The summed E-state index contributed by atoms with van der Waals surface area (Å²) < 4.78 is 53.3. The summed E-state index contributed by atoms with van der Waals surface area (Å²) in [6.45, 7) is -2.73. The highest BCUT2D eigenvalue weighted by Crippen LogP contribution is 2.13. The van der Waals surface area contributed by atoms with E-state index < -0.39 is 19.6 Å². The lowest BCUT2D eigenvalue weighted by Crippen LogP contribution is -2.18. The van der Waals surface area contributed by atoms with Crippen molar-refractivity contribution in [3.63, 3.8) is 0 Å². The van der Waals surface area contributed by atoms with Gasteiger partial charge in [-0.1, -0.05) is 0 Å². The molecule has 0 aliphatic heterocycles. The van der Waals surface area contributed by atoms with E-state index >= 15 is 0 Å². The molecule has 0 unspecified atom stereocenters. The van der Waals surface area contributed by atoms with Gasteiger partial charge in [0.15, 0.2) is 6.86 Å². The molecule has 0 spiro atoms. The van der Waals surface area contributed by atoms with E-state index in [-0.39, 0.29) is 13.2 Å². The number of ether oxygens (including phenoxy) is 2. The van der Waals surface area contributed by atoms with Crippen molar-refractivity contribution in [3.05, 3.63) is 0 Å². The number of hydrogen-bond acceptors (Lipinski definition) is 2. The first-order chi connectivity index (χ1) is 5.06. The zero-order chi connectivity index (χ0) is 8.74. The second kappa shape index (κ2) is 5.31. The van der Waals surface area contributed by atoms with Gasteiger partial charge in [0.1, 0.15) is 6.61 Å². The maximum absolute atomic E-state index is 11.3. The summed E-state index contributed by atoms with van der Waals surface area (Å²) in [6, 6.07) is 0. The Hall–Kier alpha value is -0.360. The zero-order valence-corrected chi connectivity index (χ0v) is 5.66. The van der Waals surface area contributed by atoms with Gasteiger partial charge < -0.3 is 9.47 Å². The molecule has 0 aromatic carbocycles. The van der Waals surface area contributed by atoms with E-state index in [1.807, 2.05) is 0 Å². The SMILES string of the molecule is FCOCCOCC(F)(F)F. The van der Waals surface area contributed by atoms with E-state index in [0.29, 0.717) is 0 Å². The summed E-state index contributed by atoms with van der Waals surface area (Å²) in [5, 5.41) is 0. The van der Waals surface area contributed by atoms with E-state index in [9.17, 15) is 17.6 Å². The van der Waals surface area contributed by atoms with Crippen LogP contribution >= 0.6 is 0 Å². The second-order valence-electron chi connectivity index (χ2n) is 1.69. The summed E-state index contributed by atoms with van der Waals surface area (Å²) in [4.78, 5) is 0. The minimum atomic E-state index is -4.32. The van der Waals surface area contributed by atoms with Crippen LogP contribution in [0.15, 0.2) is 0 Å². The van der Waals surface area contributed by atoms with Crippen LogP contribution < -0.4 is 0 Å². The van der Waals surface area contributed by atoms with Crippen LogP contribution in [0.5, 0.6) is 0 Å². The highest BCUT2D eigenvalue weighted by molar-refractivity contribution is 4.44. The molecule has 0 saturated heterocycles. The molecular formula is C5H8F4O2. The van der Waals surface area contributed by atoms with Crippen molar-refractivity contribution in [2.75, 3.05) is 26.7 Å². The van der Waals surface area contributed by atoms with Crippen LogP contribution in [0.1, 0.15) is 0 Å². The van der Waals surface area contributed by atoms with Crippen molar-refractivity contribution in [1.29, 1.82) is 0 Å². The first-order valence-electron chi connectivity index (χ1n) is 2.84. The third-order valence-electron chi connectivity index (χ3n) is 0.715. The maximum Gasteiger partial charge on any atom is 0.411 e. The second-order valence-corrected chi connectivity index (χ2v) is 1.69. The van der Waals surface area contributed by atoms with Crippen molar-refractivity contribution in [3.8, 4) is 0 Å². The van der Waals surface area contributed by atoms with Crippen LogP contribution in [0.25, 0.3) is 0 Å². The quantitative estimate of drug-likeness (QED) is 0.467. The molecule has 0 aliphatic carbocycles. The Bertz CT molecular complexity index is 93.0. The highest BCUT2D eigenvalue weighted by Gasteiger charge is 2.27. The lowest BCUT2D eigenvalue weighted by Gasteiger charge is -2.06. The molecule has 0 N–H and O–H groups in total. The molecular weight excluding hydrogens is 168 g/mol. The van der Waals surface area contributed by atoms with Crippen molar-refractivity contribution in [1.82, 2.24) is 0 Å². The van der Waals surface area contributed by atoms with E-state index in [0.717, 1.165) is 0 Å². The van der Waals surface area contributed by atoms with Gasteiger partial charge in [0.25, 0.3) is 0 Å². The summed E-state index contributed by atoms with van der Waals surface area (Å²) in [5.41, 5.74) is 0. The number of hydrogen-bond donors (Lipinski definition) is 0. The fourth-order valence-electron chi connectivity index (χ4n) is 0.360. The molecule has 2 nitrogen and oxygen atoms in total. The predicted octanol–water partition coefficient (Wildman–Crippen LogP) is 1.51. The number of halogens is 4. The fraction of sp³-hybridized carbons (Fsp3) is 1.00. The van der Waals surface area contributed by atoms with E-state index in [4.69, 9.17) is 0 Å². The lowest BCUT2D eigenvalue weighted by atomic mass is 10.7. The van der Waals surface area contributed by atoms with Crippen LogP contribution in [-0.4, -0.2) is 32.9 Å². The van der Waals surface area contributed by atoms with Crippen molar-refractivity contribution in [2.24, 2.45) is 0 Å².